The smallest absolute Gasteiger partial charge is 0.247 e. The van der Waals surface area contributed by atoms with Crippen LogP contribution in [0, 0.1) is 13.8 Å². The number of amides is 1. The van der Waals surface area contributed by atoms with E-state index in [0.717, 1.165) is 11.3 Å². The van der Waals surface area contributed by atoms with Crippen molar-refractivity contribution in [1.82, 2.24) is 19.6 Å². The minimum Gasteiger partial charge on any atom is -0.382 e. The summed E-state index contributed by atoms with van der Waals surface area (Å²) in [5.74, 6) is 0.795. The number of anilines is 2. The third-order valence-corrected chi connectivity index (χ3v) is 2.67. The minimum atomic E-state index is -0.185. The Hall–Kier alpha value is -2.31. The number of rotatable bonds is 3. The molecule has 7 nitrogen and oxygen atoms in total. The molecule has 0 spiro atoms. The number of nitrogens with two attached hydrogens (primary N) is 1. The van der Waals surface area contributed by atoms with E-state index in [4.69, 9.17) is 5.73 Å². The summed E-state index contributed by atoms with van der Waals surface area (Å²) in [7, 11) is 1.82. The average molecular weight is 248 g/mol. The van der Waals surface area contributed by atoms with Crippen molar-refractivity contribution in [3.05, 3.63) is 23.5 Å². The Morgan fingerprint density at radius 3 is 2.67 bits per heavy atom. The molecule has 2 aromatic rings. The lowest BCUT2D eigenvalue weighted by Gasteiger charge is -2.01. The van der Waals surface area contributed by atoms with Crippen molar-refractivity contribution >= 4 is 17.5 Å². The van der Waals surface area contributed by atoms with Gasteiger partial charge in [0.15, 0.2) is 5.82 Å². The lowest BCUT2D eigenvalue weighted by Crippen LogP contribution is -2.19. The molecular weight excluding hydrogens is 232 g/mol. The molecule has 2 heterocycles. The van der Waals surface area contributed by atoms with Crippen LogP contribution in [0.4, 0.5) is 11.6 Å². The Bertz CT molecular complexity index is 493. The van der Waals surface area contributed by atoms with E-state index >= 15 is 0 Å². The molecule has 0 bridgehead atoms. The molecule has 0 saturated heterocycles. The molecule has 1 amide bonds. The predicted molar refractivity (Wildman–Crippen MR) is 68.0 cm³/mol. The van der Waals surface area contributed by atoms with Gasteiger partial charge in [0.05, 0.1) is 0 Å². The van der Waals surface area contributed by atoms with Crippen LogP contribution in [-0.2, 0) is 18.4 Å². The van der Waals surface area contributed by atoms with Crippen LogP contribution < -0.4 is 11.1 Å². The molecule has 96 valence electrons. The second-order valence-corrected chi connectivity index (χ2v) is 4.24. The van der Waals surface area contributed by atoms with Gasteiger partial charge < -0.3 is 11.1 Å². The van der Waals surface area contributed by atoms with Gasteiger partial charge in [-0.1, -0.05) is 0 Å². The fourth-order valence-corrected chi connectivity index (χ4v) is 1.57. The Balaban J connectivity index is 2.00. The summed E-state index contributed by atoms with van der Waals surface area (Å²) in [6.45, 7) is 3.88. The number of carbonyl (C=O) groups is 1. The molecule has 0 aliphatic carbocycles. The van der Waals surface area contributed by atoms with Crippen LogP contribution in [0.15, 0.2) is 12.3 Å². The Kier molecular flexibility index (Phi) is 3.05. The topological polar surface area (TPSA) is 90.8 Å². The van der Waals surface area contributed by atoms with Gasteiger partial charge in [0.2, 0.25) is 5.91 Å². The lowest BCUT2D eigenvalue weighted by atomic mass is 10.4. The maximum Gasteiger partial charge on any atom is 0.247 e. The van der Waals surface area contributed by atoms with Gasteiger partial charge in [-0.15, -0.1) is 0 Å². The first-order chi connectivity index (χ1) is 8.45. The predicted octanol–water partition coefficient (Wildman–Crippen LogP) is 0.454. The van der Waals surface area contributed by atoms with E-state index < -0.39 is 0 Å². The maximum absolute atomic E-state index is 11.8. The molecule has 0 aliphatic heterocycles. The van der Waals surface area contributed by atoms with E-state index in [1.54, 1.807) is 16.9 Å². The van der Waals surface area contributed by atoms with Crippen molar-refractivity contribution in [2.24, 2.45) is 7.05 Å². The second-order valence-electron chi connectivity index (χ2n) is 4.24. The quantitative estimate of drug-likeness (QED) is 0.825. The summed E-state index contributed by atoms with van der Waals surface area (Å²) in [4.78, 5) is 11.8. The van der Waals surface area contributed by atoms with Gasteiger partial charge in [0.1, 0.15) is 12.4 Å². The maximum atomic E-state index is 11.8. The molecule has 2 rings (SSSR count). The molecule has 0 radical (unpaired) electrons. The first-order valence-electron chi connectivity index (χ1n) is 5.55. The summed E-state index contributed by atoms with van der Waals surface area (Å²) >= 11 is 0. The van der Waals surface area contributed by atoms with E-state index in [1.165, 1.54) is 4.68 Å². The summed E-state index contributed by atoms with van der Waals surface area (Å²) < 4.78 is 3.21. The first kappa shape index (κ1) is 12.2. The molecule has 18 heavy (non-hydrogen) atoms. The van der Waals surface area contributed by atoms with Crippen molar-refractivity contribution < 1.29 is 4.79 Å². The van der Waals surface area contributed by atoms with Crippen molar-refractivity contribution in [3.8, 4) is 0 Å². The van der Waals surface area contributed by atoms with Crippen LogP contribution in [-0.4, -0.2) is 25.5 Å². The number of hydrogen-bond donors (Lipinski definition) is 2. The lowest BCUT2D eigenvalue weighted by molar-refractivity contribution is -0.116. The molecule has 0 unspecified atom stereocenters. The zero-order chi connectivity index (χ0) is 13.3. The molecule has 0 aromatic carbocycles. The van der Waals surface area contributed by atoms with Gasteiger partial charge in [-0.3, -0.25) is 14.2 Å². The molecule has 7 heteroatoms. The highest BCUT2D eigenvalue weighted by Gasteiger charge is 2.09. The highest BCUT2D eigenvalue weighted by atomic mass is 16.2. The number of aromatic nitrogens is 4. The van der Waals surface area contributed by atoms with Crippen molar-refractivity contribution in [1.29, 1.82) is 0 Å². The molecular formula is C11H16N6O. The summed E-state index contributed by atoms with van der Waals surface area (Å²) in [5, 5.41) is 10.9. The van der Waals surface area contributed by atoms with Crippen LogP contribution in [0.3, 0.4) is 0 Å². The first-order valence-corrected chi connectivity index (χ1v) is 5.55. The standard InChI is InChI=1S/C11H16N6O/c1-7-5-17(15-11(7)12)6-10(18)13-9-4-8(2)16(3)14-9/h4-5H,6H2,1-3H3,(H2,12,15)(H,13,14,18). The van der Waals surface area contributed by atoms with Crippen LogP contribution in [0.2, 0.25) is 0 Å². The normalized spacial score (nSPS) is 10.6. The van der Waals surface area contributed by atoms with Crippen LogP contribution >= 0.6 is 0 Å². The number of nitrogens with zero attached hydrogens (tertiary/aromatic N) is 4. The van der Waals surface area contributed by atoms with Gasteiger partial charge in [-0.05, 0) is 13.8 Å². The fourth-order valence-electron chi connectivity index (χ4n) is 1.57. The van der Waals surface area contributed by atoms with Crippen LogP contribution in [0.5, 0.6) is 0 Å². The Labute approximate surface area is 105 Å². The summed E-state index contributed by atoms with van der Waals surface area (Å²) in [5.41, 5.74) is 7.45. The second kappa shape index (κ2) is 4.52. The van der Waals surface area contributed by atoms with Gasteiger partial charge in [-0.25, -0.2) is 0 Å². The number of nitrogens with one attached hydrogen (secondary N) is 1. The number of aryl methyl sites for hydroxylation is 3. The van der Waals surface area contributed by atoms with Crippen LogP contribution in [0.25, 0.3) is 0 Å². The van der Waals surface area contributed by atoms with Gasteiger partial charge in [-0.2, -0.15) is 10.2 Å². The fraction of sp³-hybridized carbons (Fsp3) is 0.364. The molecule has 0 aliphatic rings. The molecule has 3 N–H and O–H groups in total. The van der Waals surface area contributed by atoms with Crippen molar-refractivity contribution in [3.63, 3.8) is 0 Å². The summed E-state index contributed by atoms with van der Waals surface area (Å²) in [6.07, 6.45) is 1.73. The monoisotopic (exact) mass is 248 g/mol. The van der Waals surface area contributed by atoms with E-state index in [-0.39, 0.29) is 12.5 Å². The Morgan fingerprint density at radius 2 is 2.17 bits per heavy atom. The highest BCUT2D eigenvalue weighted by molar-refractivity contribution is 5.89. The van der Waals surface area contributed by atoms with E-state index in [2.05, 4.69) is 15.5 Å². The summed E-state index contributed by atoms with van der Waals surface area (Å²) in [6, 6.07) is 1.81. The SMILES string of the molecule is Cc1cn(CC(=O)Nc2cc(C)n(C)n2)nc1N. The van der Waals surface area contributed by atoms with Gasteiger partial charge >= 0.3 is 0 Å². The third-order valence-electron chi connectivity index (χ3n) is 2.67. The number of nitrogen functional groups attached to an aromatic ring is 1. The third kappa shape index (κ3) is 2.50. The van der Waals surface area contributed by atoms with E-state index in [9.17, 15) is 4.79 Å². The Morgan fingerprint density at radius 1 is 1.44 bits per heavy atom. The van der Waals surface area contributed by atoms with Gasteiger partial charge in [0.25, 0.3) is 0 Å². The zero-order valence-electron chi connectivity index (χ0n) is 10.6. The minimum absolute atomic E-state index is 0.119. The number of hydrogen-bond acceptors (Lipinski definition) is 4. The highest BCUT2D eigenvalue weighted by Crippen LogP contribution is 2.08. The van der Waals surface area contributed by atoms with Crippen molar-refractivity contribution in [2.45, 2.75) is 20.4 Å². The molecule has 0 atom stereocenters. The average Bonchev–Trinajstić information content (AvgIpc) is 2.72. The molecule has 0 saturated carbocycles. The van der Waals surface area contributed by atoms with E-state index in [0.29, 0.717) is 11.6 Å². The van der Waals surface area contributed by atoms with Gasteiger partial charge in [0, 0.05) is 30.6 Å². The molecule has 0 fully saturated rings. The van der Waals surface area contributed by atoms with Crippen molar-refractivity contribution in [2.75, 3.05) is 11.1 Å². The van der Waals surface area contributed by atoms with Crippen LogP contribution in [0.1, 0.15) is 11.3 Å². The largest absolute Gasteiger partial charge is 0.382 e. The van der Waals surface area contributed by atoms with E-state index in [1.807, 2.05) is 20.9 Å². The number of carbonyl (C=O) groups excluding carboxylic acids is 1. The molecule has 2 aromatic heterocycles. The zero-order valence-corrected chi connectivity index (χ0v) is 10.6.